The van der Waals surface area contributed by atoms with Gasteiger partial charge in [-0.3, -0.25) is 4.40 Å². The zero-order valence-electron chi connectivity index (χ0n) is 9.91. The molecule has 2 aliphatic rings. The van der Waals surface area contributed by atoms with Crippen LogP contribution in [0.1, 0.15) is 49.8 Å². The first kappa shape index (κ1) is 10.1. The van der Waals surface area contributed by atoms with Crippen LogP contribution in [0, 0.1) is 0 Å². The summed E-state index contributed by atoms with van der Waals surface area (Å²) in [6, 6.07) is 4.51. The first-order chi connectivity index (χ1) is 8.17. The highest BCUT2D eigenvalue weighted by atomic mass is 79.9. The van der Waals surface area contributed by atoms with Gasteiger partial charge in [-0.15, -0.1) is 0 Å². The summed E-state index contributed by atoms with van der Waals surface area (Å²) >= 11 is 3.71. The Labute approximate surface area is 109 Å². The Kier molecular flexibility index (Phi) is 1.87. The molecular formula is C14H15BrN2. The highest BCUT2D eigenvalue weighted by Crippen LogP contribution is 2.49. The highest BCUT2D eigenvalue weighted by Gasteiger charge is 2.43. The summed E-state index contributed by atoms with van der Waals surface area (Å²) in [4.78, 5) is 4.83. The van der Waals surface area contributed by atoms with Gasteiger partial charge in [-0.1, -0.05) is 6.92 Å². The van der Waals surface area contributed by atoms with Crippen LogP contribution >= 0.6 is 15.9 Å². The van der Waals surface area contributed by atoms with Gasteiger partial charge in [0.15, 0.2) is 0 Å². The SMILES string of the molecule is CC1(c2nc3cc(C4CC4)ccn3c2Br)CC1. The summed E-state index contributed by atoms with van der Waals surface area (Å²) < 4.78 is 3.32. The van der Waals surface area contributed by atoms with Crippen molar-refractivity contribution in [3.8, 4) is 0 Å². The van der Waals surface area contributed by atoms with Gasteiger partial charge in [0.2, 0.25) is 0 Å². The number of aromatic nitrogens is 2. The second-order valence-corrected chi connectivity index (χ2v) is 6.53. The van der Waals surface area contributed by atoms with Crippen LogP contribution in [0.15, 0.2) is 22.9 Å². The average Bonchev–Trinajstić information content (AvgIpc) is 3.22. The lowest BCUT2D eigenvalue weighted by atomic mass is 10.1. The van der Waals surface area contributed by atoms with Gasteiger partial charge in [0, 0.05) is 11.6 Å². The Hall–Kier alpha value is -0.830. The summed E-state index contributed by atoms with van der Waals surface area (Å²) in [7, 11) is 0. The van der Waals surface area contributed by atoms with Crippen LogP contribution in [0.3, 0.4) is 0 Å². The highest BCUT2D eigenvalue weighted by molar-refractivity contribution is 9.10. The number of hydrogen-bond donors (Lipinski definition) is 0. The van der Waals surface area contributed by atoms with E-state index in [0.717, 1.165) is 16.2 Å². The Morgan fingerprint density at radius 3 is 2.82 bits per heavy atom. The first-order valence-corrected chi connectivity index (χ1v) is 7.15. The van der Waals surface area contributed by atoms with E-state index in [1.165, 1.54) is 36.9 Å². The van der Waals surface area contributed by atoms with Crippen molar-refractivity contribution in [2.45, 2.75) is 43.9 Å². The minimum atomic E-state index is 0.324. The van der Waals surface area contributed by atoms with Gasteiger partial charge in [-0.05, 0) is 65.2 Å². The van der Waals surface area contributed by atoms with E-state index in [4.69, 9.17) is 4.98 Å². The molecule has 17 heavy (non-hydrogen) atoms. The fraction of sp³-hybridized carbons (Fsp3) is 0.500. The number of halogens is 1. The van der Waals surface area contributed by atoms with E-state index in [-0.39, 0.29) is 0 Å². The zero-order valence-corrected chi connectivity index (χ0v) is 11.5. The Morgan fingerprint density at radius 1 is 1.41 bits per heavy atom. The Balaban J connectivity index is 1.90. The number of fused-ring (bicyclic) bond motifs is 1. The molecule has 0 atom stereocenters. The number of hydrogen-bond acceptors (Lipinski definition) is 1. The second-order valence-electron chi connectivity index (χ2n) is 5.77. The molecule has 2 saturated carbocycles. The van der Waals surface area contributed by atoms with Crippen LogP contribution in [0.5, 0.6) is 0 Å². The van der Waals surface area contributed by atoms with Crippen LogP contribution < -0.4 is 0 Å². The number of nitrogens with zero attached hydrogens (tertiary/aromatic N) is 2. The minimum absolute atomic E-state index is 0.324. The van der Waals surface area contributed by atoms with E-state index in [9.17, 15) is 0 Å². The molecule has 0 spiro atoms. The molecule has 2 aromatic heterocycles. The smallest absolute Gasteiger partial charge is 0.138 e. The largest absolute Gasteiger partial charge is 0.294 e. The summed E-state index contributed by atoms with van der Waals surface area (Å²) in [6.07, 6.45) is 7.40. The van der Waals surface area contributed by atoms with E-state index < -0.39 is 0 Å². The molecule has 0 aromatic carbocycles. The quantitative estimate of drug-likeness (QED) is 0.816. The molecule has 2 heterocycles. The lowest BCUT2D eigenvalue weighted by molar-refractivity contribution is 0.752. The maximum absolute atomic E-state index is 4.83. The lowest BCUT2D eigenvalue weighted by Gasteiger charge is -2.03. The van der Waals surface area contributed by atoms with Crippen molar-refractivity contribution in [1.29, 1.82) is 0 Å². The van der Waals surface area contributed by atoms with Crippen molar-refractivity contribution >= 4 is 21.6 Å². The maximum atomic E-state index is 4.83. The van der Waals surface area contributed by atoms with E-state index >= 15 is 0 Å². The predicted octanol–water partition coefficient (Wildman–Crippen LogP) is 4.03. The van der Waals surface area contributed by atoms with Gasteiger partial charge < -0.3 is 0 Å². The molecule has 0 radical (unpaired) electrons. The van der Waals surface area contributed by atoms with Crippen LogP contribution in [0.25, 0.3) is 5.65 Å². The van der Waals surface area contributed by atoms with Gasteiger partial charge in [0.1, 0.15) is 10.3 Å². The topological polar surface area (TPSA) is 17.3 Å². The molecule has 2 fully saturated rings. The van der Waals surface area contributed by atoms with Gasteiger partial charge in [0.05, 0.1) is 5.69 Å². The molecule has 2 aromatic rings. The molecule has 0 aliphatic heterocycles. The lowest BCUT2D eigenvalue weighted by Crippen LogP contribution is -2.00. The Morgan fingerprint density at radius 2 is 2.18 bits per heavy atom. The zero-order chi connectivity index (χ0) is 11.6. The molecule has 0 amide bonds. The van der Waals surface area contributed by atoms with Gasteiger partial charge in [0.25, 0.3) is 0 Å². The van der Waals surface area contributed by atoms with Crippen molar-refractivity contribution in [2.75, 3.05) is 0 Å². The molecule has 0 N–H and O–H groups in total. The molecule has 0 unspecified atom stereocenters. The third-order valence-corrected chi connectivity index (χ3v) is 4.97. The number of rotatable bonds is 2. The number of imidazole rings is 1. The van der Waals surface area contributed by atoms with E-state index in [0.29, 0.717) is 5.41 Å². The van der Waals surface area contributed by atoms with E-state index in [2.05, 4.69) is 45.6 Å². The van der Waals surface area contributed by atoms with Crippen LogP contribution in [-0.4, -0.2) is 9.38 Å². The van der Waals surface area contributed by atoms with Gasteiger partial charge in [-0.25, -0.2) is 4.98 Å². The maximum Gasteiger partial charge on any atom is 0.138 e. The minimum Gasteiger partial charge on any atom is -0.294 e. The molecular weight excluding hydrogens is 276 g/mol. The predicted molar refractivity (Wildman–Crippen MR) is 71.5 cm³/mol. The molecule has 3 heteroatoms. The molecule has 0 bridgehead atoms. The number of pyridine rings is 1. The summed E-state index contributed by atoms with van der Waals surface area (Å²) in [5, 5.41) is 0. The molecule has 2 nitrogen and oxygen atoms in total. The van der Waals surface area contributed by atoms with Crippen LogP contribution in [-0.2, 0) is 5.41 Å². The van der Waals surface area contributed by atoms with Crippen molar-refractivity contribution in [2.24, 2.45) is 0 Å². The third-order valence-electron chi connectivity index (χ3n) is 4.21. The summed E-state index contributed by atoms with van der Waals surface area (Å²) in [5.41, 5.74) is 4.13. The molecule has 88 valence electrons. The van der Waals surface area contributed by atoms with Crippen molar-refractivity contribution < 1.29 is 0 Å². The van der Waals surface area contributed by atoms with Gasteiger partial charge >= 0.3 is 0 Å². The molecule has 0 saturated heterocycles. The monoisotopic (exact) mass is 290 g/mol. The fourth-order valence-electron chi connectivity index (χ4n) is 2.51. The Bertz CT molecular complexity index is 606. The molecule has 2 aliphatic carbocycles. The average molecular weight is 291 g/mol. The van der Waals surface area contributed by atoms with Crippen LogP contribution in [0.2, 0.25) is 0 Å². The van der Waals surface area contributed by atoms with Crippen LogP contribution in [0.4, 0.5) is 0 Å². The third kappa shape index (κ3) is 1.48. The van der Waals surface area contributed by atoms with E-state index in [1.54, 1.807) is 0 Å². The van der Waals surface area contributed by atoms with Crippen molar-refractivity contribution in [3.05, 3.63) is 34.2 Å². The standard InChI is InChI=1S/C14H15BrN2/c1-14(5-6-14)12-13(15)17-7-4-10(9-2-3-9)8-11(17)16-12/h4,7-9H,2-3,5-6H2,1H3. The summed E-state index contributed by atoms with van der Waals surface area (Å²) in [5.74, 6) is 0.801. The fourth-order valence-corrected chi connectivity index (χ4v) is 3.38. The van der Waals surface area contributed by atoms with E-state index in [1.807, 2.05) is 0 Å². The normalized spacial score (nSPS) is 22.0. The first-order valence-electron chi connectivity index (χ1n) is 6.35. The van der Waals surface area contributed by atoms with Gasteiger partial charge in [-0.2, -0.15) is 0 Å². The molecule has 4 rings (SSSR count). The van der Waals surface area contributed by atoms with Crippen molar-refractivity contribution in [1.82, 2.24) is 9.38 Å². The van der Waals surface area contributed by atoms with Crippen molar-refractivity contribution in [3.63, 3.8) is 0 Å². The summed E-state index contributed by atoms with van der Waals surface area (Å²) in [6.45, 7) is 2.31. The second kappa shape index (κ2) is 3.14.